The lowest BCUT2D eigenvalue weighted by molar-refractivity contribution is 0.100. The number of nitrogens with two attached hydrogens (primary N) is 2. The number of carbonyl (C=O) groups excluding carboxylic acids is 1. The second kappa shape index (κ2) is 11.2. The maximum atomic E-state index is 14.1. The number of hydrogen-bond donors (Lipinski definition) is 2. The molecule has 0 aromatic heterocycles. The number of nitrogen functional groups attached to an aromatic ring is 1. The van der Waals surface area contributed by atoms with Gasteiger partial charge in [0, 0.05) is 24.5 Å². The van der Waals surface area contributed by atoms with Gasteiger partial charge >= 0.3 is 0 Å². The highest BCUT2D eigenvalue weighted by atomic mass is 19.1. The third kappa shape index (κ3) is 5.71. The molecule has 1 saturated heterocycles. The van der Waals surface area contributed by atoms with E-state index >= 15 is 0 Å². The van der Waals surface area contributed by atoms with E-state index in [4.69, 9.17) is 11.5 Å². The predicted molar refractivity (Wildman–Crippen MR) is 113 cm³/mol. The van der Waals surface area contributed by atoms with Crippen molar-refractivity contribution in [1.29, 1.82) is 0 Å². The smallest absolute Gasteiger partial charge is 0.250 e. The van der Waals surface area contributed by atoms with E-state index in [2.05, 4.69) is 4.90 Å². The number of anilines is 2. The van der Waals surface area contributed by atoms with E-state index in [9.17, 15) is 9.18 Å². The molecule has 1 aliphatic rings. The van der Waals surface area contributed by atoms with Gasteiger partial charge in [-0.2, -0.15) is 0 Å². The summed E-state index contributed by atoms with van der Waals surface area (Å²) in [7, 11) is 0. The van der Waals surface area contributed by atoms with Crippen LogP contribution in [0.4, 0.5) is 15.8 Å². The van der Waals surface area contributed by atoms with Gasteiger partial charge in [-0.1, -0.05) is 45.9 Å². The molecule has 5 heteroatoms. The zero-order valence-corrected chi connectivity index (χ0v) is 16.8. The molecule has 2 aromatic rings. The lowest BCUT2D eigenvalue weighted by atomic mass is 9.88. The van der Waals surface area contributed by atoms with E-state index in [-0.39, 0.29) is 11.7 Å². The molecule has 0 radical (unpaired) electrons. The molecule has 4 nitrogen and oxygen atoms in total. The van der Waals surface area contributed by atoms with Gasteiger partial charge in [0.1, 0.15) is 5.82 Å². The lowest BCUT2D eigenvalue weighted by Crippen LogP contribution is -2.34. The van der Waals surface area contributed by atoms with Crippen LogP contribution in [0.15, 0.2) is 42.5 Å². The molecule has 27 heavy (non-hydrogen) atoms. The van der Waals surface area contributed by atoms with E-state index in [1.165, 1.54) is 6.07 Å². The van der Waals surface area contributed by atoms with Crippen molar-refractivity contribution >= 4 is 17.3 Å². The van der Waals surface area contributed by atoms with Gasteiger partial charge in [0.2, 0.25) is 0 Å². The first-order valence-corrected chi connectivity index (χ1v) is 9.75. The van der Waals surface area contributed by atoms with Crippen LogP contribution in [0.25, 0.3) is 0 Å². The summed E-state index contributed by atoms with van der Waals surface area (Å²) < 4.78 is 14.1. The van der Waals surface area contributed by atoms with Crippen LogP contribution >= 0.6 is 0 Å². The first kappa shape index (κ1) is 22.5. The molecule has 4 N–H and O–H groups in total. The number of piperidine rings is 1. The topological polar surface area (TPSA) is 72.4 Å². The molecule has 0 spiro atoms. The Morgan fingerprint density at radius 2 is 1.63 bits per heavy atom. The molecule has 1 fully saturated rings. The fourth-order valence-corrected chi connectivity index (χ4v) is 3.26. The number of hydrogen-bond acceptors (Lipinski definition) is 3. The van der Waals surface area contributed by atoms with E-state index in [1.807, 2.05) is 39.8 Å². The summed E-state index contributed by atoms with van der Waals surface area (Å²) >= 11 is 0. The monoisotopic (exact) mass is 373 g/mol. The Hall–Kier alpha value is -2.56. The highest BCUT2D eigenvalue weighted by molar-refractivity contribution is 5.98. The third-order valence-electron chi connectivity index (χ3n) is 4.47. The van der Waals surface area contributed by atoms with Crippen LogP contribution in [0, 0.1) is 5.82 Å². The lowest BCUT2D eigenvalue weighted by Gasteiger charge is -2.34. The first-order chi connectivity index (χ1) is 13.1. The quantitative estimate of drug-likeness (QED) is 0.748. The number of amides is 1. The Balaban J connectivity index is 0.000000855. The Kier molecular flexibility index (Phi) is 9.34. The minimum Gasteiger partial charge on any atom is -0.399 e. The van der Waals surface area contributed by atoms with Crippen LogP contribution in [-0.4, -0.2) is 19.0 Å². The van der Waals surface area contributed by atoms with Gasteiger partial charge in [0.25, 0.3) is 5.91 Å². The van der Waals surface area contributed by atoms with Crippen LogP contribution in [0.2, 0.25) is 0 Å². The van der Waals surface area contributed by atoms with Crippen LogP contribution in [0.3, 0.4) is 0 Å². The first-order valence-electron chi connectivity index (χ1n) is 9.75. The van der Waals surface area contributed by atoms with Crippen molar-refractivity contribution in [3.8, 4) is 0 Å². The summed E-state index contributed by atoms with van der Waals surface area (Å²) in [6.45, 7) is 9.53. The van der Waals surface area contributed by atoms with Gasteiger partial charge in [0.15, 0.2) is 0 Å². The summed E-state index contributed by atoms with van der Waals surface area (Å²) in [4.78, 5) is 13.7. The van der Waals surface area contributed by atoms with E-state index < -0.39 is 5.91 Å². The zero-order valence-electron chi connectivity index (χ0n) is 16.8. The summed E-state index contributed by atoms with van der Waals surface area (Å²) in [6.07, 6.45) is 1.65. The molecular weight excluding hydrogens is 341 g/mol. The number of para-hydroxylation sites is 1. The summed E-state index contributed by atoms with van der Waals surface area (Å²) in [6, 6.07) is 12.3. The van der Waals surface area contributed by atoms with Crippen molar-refractivity contribution in [1.82, 2.24) is 0 Å². The Labute approximate surface area is 162 Å². The predicted octanol–water partition coefficient (Wildman–Crippen LogP) is 4.94. The average Bonchev–Trinajstić information content (AvgIpc) is 2.71. The number of primary amides is 1. The van der Waals surface area contributed by atoms with Gasteiger partial charge in [-0.3, -0.25) is 4.79 Å². The molecule has 2 aromatic carbocycles. The van der Waals surface area contributed by atoms with E-state index in [0.717, 1.165) is 37.2 Å². The minimum atomic E-state index is -0.424. The largest absolute Gasteiger partial charge is 0.399 e. The Morgan fingerprint density at radius 3 is 2.19 bits per heavy atom. The summed E-state index contributed by atoms with van der Waals surface area (Å²) in [5, 5.41) is 0. The SMILES string of the molecule is CC.CC.NC(=O)c1ccccc1N1CCC(c2ccc(N)cc2F)CC1. The van der Waals surface area contributed by atoms with Crippen molar-refractivity contribution < 1.29 is 9.18 Å². The van der Waals surface area contributed by atoms with Gasteiger partial charge in [-0.15, -0.1) is 0 Å². The van der Waals surface area contributed by atoms with Crippen molar-refractivity contribution in [2.45, 2.75) is 46.5 Å². The second-order valence-electron chi connectivity index (χ2n) is 5.92. The zero-order chi connectivity index (χ0) is 20.4. The molecule has 0 saturated carbocycles. The van der Waals surface area contributed by atoms with Crippen molar-refractivity contribution in [3.63, 3.8) is 0 Å². The van der Waals surface area contributed by atoms with Crippen LogP contribution in [-0.2, 0) is 0 Å². The summed E-state index contributed by atoms with van der Waals surface area (Å²) in [5.41, 5.74) is 13.6. The van der Waals surface area contributed by atoms with Gasteiger partial charge < -0.3 is 16.4 Å². The number of benzene rings is 2. The Bertz CT molecular complexity index is 725. The molecular formula is C22H32FN3O. The van der Waals surface area contributed by atoms with Crippen molar-refractivity contribution in [2.24, 2.45) is 5.73 Å². The summed E-state index contributed by atoms with van der Waals surface area (Å²) in [5.74, 6) is -0.485. The number of halogens is 1. The molecule has 1 amide bonds. The maximum Gasteiger partial charge on any atom is 0.250 e. The highest BCUT2D eigenvalue weighted by Gasteiger charge is 2.24. The molecule has 1 heterocycles. The highest BCUT2D eigenvalue weighted by Crippen LogP contribution is 2.33. The molecule has 3 rings (SSSR count). The van der Waals surface area contributed by atoms with E-state index in [0.29, 0.717) is 11.3 Å². The van der Waals surface area contributed by atoms with Gasteiger partial charge in [0.05, 0.1) is 5.56 Å². The molecule has 148 valence electrons. The fraction of sp³-hybridized carbons (Fsp3) is 0.409. The molecule has 0 unspecified atom stereocenters. The standard InChI is InChI=1S/C18H20FN3O.2C2H6/c19-16-11-13(20)5-6-14(16)12-7-9-22(10-8-12)17-4-2-1-3-15(17)18(21)23;2*1-2/h1-6,11-12H,7-10,20H2,(H2,21,23);2*1-2H3. The van der Waals surface area contributed by atoms with Crippen molar-refractivity contribution in [2.75, 3.05) is 23.7 Å². The number of carbonyl (C=O) groups is 1. The van der Waals surface area contributed by atoms with Crippen LogP contribution < -0.4 is 16.4 Å². The number of rotatable bonds is 3. The second-order valence-corrected chi connectivity index (χ2v) is 5.92. The van der Waals surface area contributed by atoms with E-state index in [1.54, 1.807) is 24.3 Å². The molecule has 0 bridgehead atoms. The molecule has 1 aliphatic heterocycles. The van der Waals surface area contributed by atoms with Crippen LogP contribution in [0.1, 0.15) is 62.4 Å². The molecule has 0 atom stereocenters. The fourth-order valence-electron chi connectivity index (χ4n) is 3.26. The molecule has 0 aliphatic carbocycles. The minimum absolute atomic E-state index is 0.174. The van der Waals surface area contributed by atoms with Gasteiger partial charge in [-0.05, 0) is 48.6 Å². The van der Waals surface area contributed by atoms with Crippen LogP contribution in [0.5, 0.6) is 0 Å². The third-order valence-corrected chi connectivity index (χ3v) is 4.47. The number of nitrogens with zero attached hydrogens (tertiary/aromatic N) is 1. The normalized spacial score (nSPS) is 13.7. The van der Waals surface area contributed by atoms with Crippen molar-refractivity contribution in [3.05, 3.63) is 59.4 Å². The maximum absolute atomic E-state index is 14.1. The average molecular weight is 374 g/mol. The van der Waals surface area contributed by atoms with Gasteiger partial charge in [-0.25, -0.2) is 4.39 Å². The Morgan fingerprint density at radius 1 is 1.04 bits per heavy atom.